The third-order valence-electron chi connectivity index (χ3n) is 1.65. The maximum Gasteiger partial charge on any atom is 0.432 e. The maximum absolute atomic E-state index is 12.3. The number of halogens is 3. The van der Waals surface area contributed by atoms with Crippen molar-refractivity contribution >= 4 is 18.1 Å². The topological polar surface area (TPSA) is 109 Å². The predicted octanol–water partition coefficient (Wildman–Crippen LogP) is 0.450. The first-order chi connectivity index (χ1) is 7.72. The van der Waals surface area contributed by atoms with Gasteiger partial charge in [0.2, 0.25) is 0 Å². The van der Waals surface area contributed by atoms with Gasteiger partial charge in [0.15, 0.2) is 0 Å². The molecule has 96 valence electrons. The molecular weight excluding hydrogens is 239 g/mol. The highest BCUT2D eigenvalue weighted by atomic mass is 19.4. The second-order valence-electron chi connectivity index (χ2n) is 2.92. The van der Waals surface area contributed by atoms with E-state index in [0.717, 1.165) is 7.05 Å². The van der Waals surface area contributed by atoms with Crippen LogP contribution in [0.25, 0.3) is 0 Å². The van der Waals surface area contributed by atoms with Crippen LogP contribution in [0, 0.1) is 5.41 Å². The maximum atomic E-state index is 12.3. The molecule has 0 radical (unpaired) electrons. The minimum absolute atomic E-state index is 0.287. The number of nitrogens with two attached hydrogens (primary N) is 2. The lowest BCUT2D eigenvalue weighted by Gasteiger charge is -2.14. The highest BCUT2D eigenvalue weighted by molar-refractivity contribution is 6.00. The quantitative estimate of drug-likeness (QED) is 0.498. The van der Waals surface area contributed by atoms with Crippen molar-refractivity contribution in [1.29, 1.82) is 5.41 Å². The van der Waals surface area contributed by atoms with Crippen molar-refractivity contribution in [3.05, 3.63) is 11.8 Å². The van der Waals surface area contributed by atoms with Crippen molar-refractivity contribution in [3.8, 4) is 0 Å². The Bertz CT molecular complexity index is 361. The summed E-state index contributed by atoms with van der Waals surface area (Å²) in [6.07, 6.45) is -3.47. The average Bonchev–Trinajstić information content (AvgIpc) is 2.20. The van der Waals surface area contributed by atoms with Crippen LogP contribution < -0.4 is 11.5 Å². The number of rotatable bonds is 4. The molecule has 0 unspecified atom stereocenters. The number of alkyl halides is 3. The van der Waals surface area contributed by atoms with Crippen LogP contribution in [0.5, 0.6) is 0 Å². The lowest BCUT2D eigenvalue weighted by atomic mass is 10.2. The predicted molar refractivity (Wildman–Crippen MR) is 56.8 cm³/mol. The van der Waals surface area contributed by atoms with E-state index in [2.05, 4.69) is 4.99 Å². The van der Waals surface area contributed by atoms with Gasteiger partial charge in [-0.2, -0.15) is 13.2 Å². The monoisotopic (exact) mass is 251 g/mol. The normalized spacial score (nSPS) is 13.4. The SMILES string of the molecule is CN=C(C=C(N)CN(C=N)C(N)=O)C(F)(F)F. The molecule has 0 saturated carbocycles. The van der Waals surface area contributed by atoms with E-state index in [1.54, 1.807) is 0 Å². The summed E-state index contributed by atoms with van der Waals surface area (Å²) in [6, 6.07) is -0.988. The largest absolute Gasteiger partial charge is 0.432 e. The highest BCUT2D eigenvalue weighted by Gasteiger charge is 2.33. The molecule has 6 nitrogen and oxygen atoms in total. The lowest BCUT2D eigenvalue weighted by Crippen LogP contribution is -2.37. The van der Waals surface area contributed by atoms with Gasteiger partial charge in [-0.3, -0.25) is 15.3 Å². The Morgan fingerprint density at radius 1 is 1.47 bits per heavy atom. The first kappa shape index (κ1) is 14.9. The summed E-state index contributed by atoms with van der Waals surface area (Å²) in [6.45, 7) is -0.409. The van der Waals surface area contributed by atoms with Crippen molar-refractivity contribution in [2.24, 2.45) is 16.5 Å². The van der Waals surface area contributed by atoms with Crippen LogP contribution in [0.1, 0.15) is 0 Å². The molecule has 2 amide bonds. The first-order valence-electron chi connectivity index (χ1n) is 4.29. The van der Waals surface area contributed by atoms with Crippen molar-refractivity contribution in [3.63, 3.8) is 0 Å². The fourth-order valence-electron chi connectivity index (χ4n) is 0.878. The number of carbonyl (C=O) groups excluding carboxylic acids is 1. The lowest BCUT2D eigenvalue weighted by molar-refractivity contribution is -0.0578. The highest BCUT2D eigenvalue weighted by Crippen LogP contribution is 2.18. The Balaban J connectivity index is 4.87. The third-order valence-corrected chi connectivity index (χ3v) is 1.65. The summed E-state index contributed by atoms with van der Waals surface area (Å²) < 4.78 is 36.8. The molecule has 0 aromatic rings. The molecule has 0 aliphatic carbocycles. The fraction of sp³-hybridized carbons (Fsp3) is 0.375. The molecule has 0 rings (SSSR count). The molecule has 9 heteroatoms. The van der Waals surface area contributed by atoms with Crippen LogP contribution in [0.2, 0.25) is 0 Å². The summed E-state index contributed by atoms with van der Waals surface area (Å²) in [5, 5.41) is 6.80. The number of aliphatic imine (C=N–C) groups is 1. The number of hydrogen-bond donors (Lipinski definition) is 3. The van der Waals surface area contributed by atoms with Gasteiger partial charge < -0.3 is 11.5 Å². The van der Waals surface area contributed by atoms with Crippen molar-refractivity contribution in [1.82, 2.24) is 4.90 Å². The molecule has 0 atom stereocenters. The zero-order chi connectivity index (χ0) is 13.6. The number of allylic oxidation sites excluding steroid dienone is 1. The number of primary amides is 1. The van der Waals surface area contributed by atoms with Gasteiger partial charge in [0.25, 0.3) is 0 Å². The van der Waals surface area contributed by atoms with Gasteiger partial charge in [-0.1, -0.05) is 0 Å². The zero-order valence-electron chi connectivity index (χ0n) is 8.95. The van der Waals surface area contributed by atoms with E-state index in [0.29, 0.717) is 17.3 Å². The molecule has 0 fully saturated rings. The smallest absolute Gasteiger partial charge is 0.401 e. The van der Waals surface area contributed by atoms with Gasteiger partial charge in [-0.25, -0.2) is 4.79 Å². The van der Waals surface area contributed by atoms with E-state index in [1.165, 1.54) is 0 Å². The molecular formula is C8H12F3N5O. The van der Waals surface area contributed by atoms with Crippen LogP contribution in [-0.4, -0.2) is 42.7 Å². The number of urea groups is 1. The van der Waals surface area contributed by atoms with Gasteiger partial charge in [0.1, 0.15) is 5.71 Å². The number of hydrogen-bond acceptors (Lipinski definition) is 4. The number of amides is 2. The van der Waals surface area contributed by atoms with Gasteiger partial charge in [-0.05, 0) is 6.08 Å². The fourth-order valence-corrected chi connectivity index (χ4v) is 0.878. The minimum Gasteiger partial charge on any atom is -0.401 e. The van der Waals surface area contributed by atoms with Gasteiger partial charge >= 0.3 is 12.2 Å². The number of carbonyl (C=O) groups is 1. The standard InChI is InChI=1S/C8H12F3N5O/c1-15-6(8(9,10)11)2-5(13)3-16(4-12)7(14)17/h2,4,12H,3,13H2,1H3,(H2,14,17). The summed E-state index contributed by atoms with van der Waals surface area (Å²) in [7, 11) is 0.967. The second-order valence-corrected chi connectivity index (χ2v) is 2.92. The summed E-state index contributed by atoms with van der Waals surface area (Å²) in [5.41, 5.74) is 8.67. The van der Waals surface area contributed by atoms with E-state index < -0.39 is 24.5 Å². The molecule has 0 aliphatic heterocycles. The zero-order valence-corrected chi connectivity index (χ0v) is 8.95. The van der Waals surface area contributed by atoms with Crippen LogP contribution in [0.4, 0.5) is 18.0 Å². The van der Waals surface area contributed by atoms with Crippen LogP contribution in [0.3, 0.4) is 0 Å². The Kier molecular flexibility index (Phi) is 5.16. The van der Waals surface area contributed by atoms with Gasteiger partial charge in [0, 0.05) is 12.7 Å². The second kappa shape index (κ2) is 5.87. The Labute approximate surface area is 95.3 Å². The number of nitrogens with zero attached hydrogens (tertiary/aromatic N) is 2. The van der Waals surface area contributed by atoms with E-state index in [-0.39, 0.29) is 5.70 Å². The Morgan fingerprint density at radius 2 is 2.00 bits per heavy atom. The molecule has 0 bridgehead atoms. The molecule has 0 saturated heterocycles. The van der Waals surface area contributed by atoms with E-state index in [4.69, 9.17) is 16.9 Å². The van der Waals surface area contributed by atoms with Gasteiger partial charge in [0.05, 0.1) is 12.9 Å². The van der Waals surface area contributed by atoms with Gasteiger partial charge in [-0.15, -0.1) is 0 Å². The summed E-state index contributed by atoms with van der Waals surface area (Å²) in [5.74, 6) is 0. The molecule has 0 aromatic heterocycles. The first-order valence-corrected chi connectivity index (χ1v) is 4.29. The minimum atomic E-state index is -4.62. The Morgan fingerprint density at radius 3 is 2.29 bits per heavy atom. The van der Waals surface area contributed by atoms with Crippen LogP contribution >= 0.6 is 0 Å². The molecule has 0 spiro atoms. The van der Waals surface area contributed by atoms with Crippen molar-refractivity contribution < 1.29 is 18.0 Å². The van der Waals surface area contributed by atoms with E-state index in [9.17, 15) is 18.0 Å². The summed E-state index contributed by atoms with van der Waals surface area (Å²) in [4.78, 5) is 14.3. The Hall–Kier alpha value is -2.06. The molecule has 0 aliphatic rings. The number of nitrogens with one attached hydrogen (secondary N) is 1. The van der Waals surface area contributed by atoms with Crippen LogP contribution in [-0.2, 0) is 0 Å². The average molecular weight is 251 g/mol. The third kappa shape index (κ3) is 5.00. The molecule has 0 heterocycles. The van der Waals surface area contributed by atoms with E-state index >= 15 is 0 Å². The van der Waals surface area contributed by atoms with E-state index in [1.807, 2.05) is 0 Å². The summed E-state index contributed by atoms with van der Waals surface area (Å²) >= 11 is 0. The van der Waals surface area contributed by atoms with Crippen LogP contribution in [0.15, 0.2) is 16.8 Å². The molecule has 0 aromatic carbocycles. The molecule has 17 heavy (non-hydrogen) atoms. The molecule has 5 N–H and O–H groups in total. The van der Waals surface area contributed by atoms with Crippen molar-refractivity contribution in [2.45, 2.75) is 6.18 Å². The van der Waals surface area contributed by atoms with Crippen molar-refractivity contribution in [2.75, 3.05) is 13.6 Å².